The van der Waals surface area contributed by atoms with Crippen molar-refractivity contribution < 1.29 is 28.6 Å². The van der Waals surface area contributed by atoms with E-state index in [4.69, 9.17) is 14.2 Å². The quantitative estimate of drug-likeness (QED) is 0.450. The number of amides is 2. The van der Waals surface area contributed by atoms with Gasteiger partial charge in [-0.3, -0.25) is 14.4 Å². The van der Waals surface area contributed by atoms with Gasteiger partial charge in [-0.05, 0) is 49.2 Å². The molecule has 2 aromatic rings. The first-order valence-corrected chi connectivity index (χ1v) is 11.1. The van der Waals surface area contributed by atoms with Crippen LogP contribution in [0.25, 0.3) is 0 Å². The number of hydrogen-bond acceptors (Lipinski definition) is 6. The highest BCUT2D eigenvalue weighted by atomic mass is 16.5. The lowest BCUT2D eigenvalue weighted by atomic mass is 10.1. The molecule has 176 valence electrons. The number of ether oxygens (including phenoxy) is 3. The van der Waals surface area contributed by atoms with Gasteiger partial charge in [0.15, 0.2) is 11.5 Å². The van der Waals surface area contributed by atoms with Crippen LogP contribution in [0.2, 0.25) is 0 Å². The molecule has 0 radical (unpaired) electrons. The van der Waals surface area contributed by atoms with E-state index in [0.29, 0.717) is 68.4 Å². The summed E-state index contributed by atoms with van der Waals surface area (Å²) in [4.78, 5) is 40.2. The molecule has 0 aliphatic carbocycles. The molecule has 8 heteroatoms. The van der Waals surface area contributed by atoms with Gasteiger partial charge in [0.2, 0.25) is 5.91 Å². The molecule has 1 heterocycles. The Bertz CT molecular complexity index is 998. The van der Waals surface area contributed by atoms with Crippen molar-refractivity contribution in [2.24, 2.45) is 0 Å². The highest BCUT2D eigenvalue weighted by Crippen LogP contribution is 2.28. The lowest BCUT2D eigenvalue weighted by Gasteiger charge is -2.35. The number of methoxy groups -OCH3 is 1. The third-order valence-corrected chi connectivity index (χ3v) is 5.42. The van der Waals surface area contributed by atoms with E-state index in [2.05, 4.69) is 0 Å². The zero-order chi connectivity index (χ0) is 23.8. The monoisotopic (exact) mass is 454 g/mol. The third-order valence-electron chi connectivity index (χ3n) is 5.42. The molecule has 1 aliphatic rings. The van der Waals surface area contributed by atoms with Crippen LogP contribution in [-0.4, -0.2) is 67.5 Å². The molecule has 1 aliphatic heterocycles. The normalized spacial score (nSPS) is 13.4. The Kier molecular flexibility index (Phi) is 8.29. The molecule has 1 fully saturated rings. The minimum atomic E-state index is -0.435. The standard InChI is InChI=1S/C25H30N2O6/c1-4-32-22-10-8-19(16-23(22)31-3)9-11-24(29)26-12-14-27(15-13-26)25(30)20-6-5-7-21(17-20)33-18(2)28/h5-8,10,16-17H,4,9,11-15H2,1-3H3. The van der Waals surface area contributed by atoms with Crippen LogP contribution in [0.1, 0.15) is 36.2 Å². The van der Waals surface area contributed by atoms with Gasteiger partial charge in [0.25, 0.3) is 5.91 Å². The first-order valence-electron chi connectivity index (χ1n) is 11.1. The Morgan fingerprint density at radius 3 is 2.33 bits per heavy atom. The topological polar surface area (TPSA) is 85.4 Å². The molecule has 0 N–H and O–H groups in total. The number of nitrogens with zero attached hydrogens (tertiary/aromatic N) is 2. The van der Waals surface area contributed by atoms with E-state index in [-0.39, 0.29) is 11.8 Å². The van der Waals surface area contributed by atoms with Gasteiger partial charge in [-0.2, -0.15) is 0 Å². The number of hydrogen-bond donors (Lipinski definition) is 0. The number of piperazine rings is 1. The molecule has 0 spiro atoms. The summed E-state index contributed by atoms with van der Waals surface area (Å²) >= 11 is 0. The van der Waals surface area contributed by atoms with Crippen LogP contribution in [-0.2, 0) is 16.0 Å². The maximum absolute atomic E-state index is 12.8. The molecular formula is C25H30N2O6. The summed E-state index contributed by atoms with van der Waals surface area (Å²) in [6, 6.07) is 12.3. The van der Waals surface area contributed by atoms with Crippen LogP contribution in [0.4, 0.5) is 0 Å². The smallest absolute Gasteiger partial charge is 0.308 e. The zero-order valence-corrected chi connectivity index (χ0v) is 19.3. The van der Waals surface area contributed by atoms with Gasteiger partial charge in [0, 0.05) is 45.1 Å². The van der Waals surface area contributed by atoms with Crippen molar-refractivity contribution in [2.75, 3.05) is 39.9 Å². The van der Waals surface area contributed by atoms with Gasteiger partial charge in [0.1, 0.15) is 5.75 Å². The molecule has 0 bridgehead atoms. The van der Waals surface area contributed by atoms with Crippen molar-refractivity contribution in [2.45, 2.75) is 26.7 Å². The second-order valence-electron chi connectivity index (χ2n) is 7.71. The zero-order valence-electron chi connectivity index (χ0n) is 19.3. The van der Waals surface area contributed by atoms with Crippen molar-refractivity contribution in [1.82, 2.24) is 9.80 Å². The summed E-state index contributed by atoms with van der Waals surface area (Å²) in [7, 11) is 1.60. The number of rotatable bonds is 8. The van der Waals surface area contributed by atoms with Crippen molar-refractivity contribution in [1.29, 1.82) is 0 Å². The molecule has 1 saturated heterocycles. The van der Waals surface area contributed by atoms with Crippen molar-refractivity contribution in [3.63, 3.8) is 0 Å². The minimum absolute atomic E-state index is 0.0619. The van der Waals surface area contributed by atoms with Crippen molar-refractivity contribution in [3.05, 3.63) is 53.6 Å². The summed E-state index contributed by atoms with van der Waals surface area (Å²) in [6.07, 6.45) is 0.985. The Morgan fingerprint density at radius 1 is 0.939 bits per heavy atom. The molecule has 0 unspecified atom stereocenters. The van der Waals surface area contributed by atoms with E-state index in [1.54, 1.807) is 41.2 Å². The molecule has 0 atom stereocenters. The predicted molar refractivity (Wildman–Crippen MR) is 123 cm³/mol. The molecule has 0 aromatic heterocycles. The van der Waals surface area contributed by atoms with Gasteiger partial charge in [-0.15, -0.1) is 0 Å². The molecular weight excluding hydrogens is 424 g/mol. The summed E-state index contributed by atoms with van der Waals surface area (Å²) in [5.41, 5.74) is 1.46. The lowest BCUT2D eigenvalue weighted by molar-refractivity contribution is -0.133. The number of esters is 1. The van der Waals surface area contributed by atoms with Crippen LogP contribution >= 0.6 is 0 Å². The van der Waals surface area contributed by atoms with Crippen molar-refractivity contribution in [3.8, 4) is 17.2 Å². The molecule has 0 saturated carbocycles. The van der Waals surface area contributed by atoms with E-state index in [9.17, 15) is 14.4 Å². The summed E-state index contributed by atoms with van der Waals surface area (Å²) < 4.78 is 16.0. The number of benzene rings is 2. The number of aryl methyl sites for hydroxylation is 1. The average Bonchev–Trinajstić information content (AvgIpc) is 2.82. The fourth-order valence-electron chi connectivity index (χ4n) is 3.75. The molecule has 2 amide bonds. The fourth-order valence-corrected chi connectivity index (χ4v) is 3.75. The van der Waals surface area contributed by atoms with Gasteiger partial charge in [0.05, 0.1) is 13.7 Å². The third kappa shape index (κ3) is 6.47. The fraction of sp³-hybridized carbons (Fsp3) is 0.400. The van der Waals surface area contributed by atoms with Crippen molar-refractivity contribution >= 4 is 17.8 Å². The molecule has 8 nitrogen and oxygen atoms in total. The number of carbonyl (C=O) groups is 3. The predicted octanol–water partition coefficient (Wildman–Crippen LogP) is 2.94. The summed E-state index contributed by atoms with van der Waals surface area (Å²) in [5.74, 6) is 1.17. The van der Waals surface area contributed by atoms with E-state index < -0.39 is 5.97 Å². The van der Waals surface area contributed by atoms with Gasteiger partial charge in [-0.1, -0.05) is 12.1 Å². The number of carbonyl (C=O) groups excluding carboxylic acids is 3. The Morgan fingerprint density at radius 2 is 1.67 bits per heavy atom. The first kappa shape index (κ1) is 24.1. The largest absolute Gasteiger partial charge is 0.493 e. The van der Waals surface area contributed by atoms with Gasteiger partial charge >= 0.3 is 5.97 Å². The Hall–Kier alpha value is -3.55. The Balaban J connectivity index is 1.51. The minimum Gasteiger partial charge on any atom is -0.493 e. The maximum Gasteiger partial charge on any atom is 0.308 e. The van der Waals surface area contributed by atoms with Crippen LogP contribution in [0.15, 0.2) is 42.5 Å². The molecule has 33 heavy (non-hydrogen) atoms. The van der Waals surface area contributed by atoms with Crippen LogP contribution in [0, 0.1) is 0 Å². The first-order chi connectivity index (χ1) is 15.9. The highest BCUT2D eigenvalue weighted by molar-refractivity contribution is 5.95. The van der Waals surface area contributed by atoms with Crippen LogP contribution in [0.5, 0.6) is 17.2 Å². The van der Waals surface area contributed by atoms with E-state index in [0.717, 1.165) is 5.56 Å². The van der Waals surface area contributed by atoms with E-state index >= 15 is 0 Å². The molecule has 2 aromatic carbocycles. The molecule has 3 rings (SSSR count). The Labute approximate surface area is 194 Å². The van der Waals surface area contributed by atoms with Crippen LogP contribution in [0.3, 0.4) is 0 Å². The second kappa shape index (κ2) is 11.4. The van der Waals surface area contributed by atoms with Gasteiger partial charge < -0.3 is 24.0 Å². The lowest BCUT2D eigenvalue weighted by Crippen LogP contribution is -2.50. The average molecular weight is 455 g/mol. The highest BCUT2D eigenvalue weighted by Gasteiger charge is 2.25. The van der Waals surface area contributed by atoms with E-state index in [1.165, 1.54) is 6.92 Å². The second-order valence-corrected chi connectivity index (χ2v) is 7.71. The van der Waals surface area contributed by atoms with E-state index in [1.807, 2.05) is 25.1 Å². The maximum atomic E-state index is 12.8. The SMILES string of the molecule is CCOc1ccc(CCC(=O)N2CCN(C(=O)c3cccc(OC(C)=O)c3)CC2)cc1OC. The summed E-state index contributed by atoms with van der Waals surface area (Å²) in [6.45, 7) is 5.68. The van der Waals surface area contributed by atoms with Gasteiger partial charge in [-0.25, -0.2) is 0 Å². The summed E-state index contributed by atoms with van der Waals surface area (Å²) in [5, 5.41) is 0. The van der Waals surface area contributed by atoms with Crippen LogP contribution < -0.4 is 14.2 Å².